The Morgan fingerprint density at radius 3 is 2.42 bits per heavy atom. The van der Waals surface area contributed by atoms with Gasteiger partial charge in [-0.3, -0.25) is 10.1 Å². The molecule has 0 bridgehead atoms. The van der Waals surface area contributed by atoms with E-state index in [1.807, 2.05) is 24.3 Å². The Labute approximate surface area is 110 Å². The van der Waals surface area contributed by atoms with E-state index in [4.69, 9.17) is 0 Å². The van der Waals surface area contributed by atoms with Crippen molar-refractivity contribution in [3.05, 3.63) is 64.0 Å². The van der Waals surface area contributed by atoms with Crippen LogP contribution in [0.2, 0.25) is 0 Å². The topological polar surface area (TPSA) is 55.2 Å². The summed E-state index contributed by atoms with van der Waals surface area (Å²) in [6, 6.07) is 11.0. The molecule has 2 aromatic carbocycles. The smallest absolute Gasteiger partial charge is 0.274 e. The number of nitro benzene ring substituents is 1. The summed E-state index contributed by atoms with van der Waals surface area (Å²) in [5.41, 5.74) is 2.04. The molecule has 2 aromatic rings. The van der Waals surface area contributed by atoms with Crippen LogP contribution in [0, 0.1) is 15.9 Å². The number of rotatable bonds is 4. The summed E-state index contributed by atoms with van der Waals surface area (Å²) < 4.78 is 13.3. The summed E-state index contributed by atoms with van der Waals surface area (Å²) >= 11 is 0. The van der Waals surface area contributed by atoms with Gasteiger partial charge in [0, 0.05) is 17.4 Å². The van der Waals surface area contributed by atoms with Crippen molar-refractivity contribution in [1.82, 2.24) is 0 Å². The lowest BCUT2D eigenvalue weighted by Crippen LogP contribution is -1.95. The summed E-state index contributed by atoms with van der Waals surface area (Å²) in [6.45, 7) is 2.05. The second-order valence-electron chi connectivity index (χ2n) is 4.13. The Kier molecular flexibility index (Phi) is 3.75. The highest BCUT2D eigenvalue weighted by Crippen LogP contribution is 2.23. The third-order valence-corrected chi connectivity index (χ3v) is 2.74. The monoisotopic (exact) mass is 260 g/mol. The van der Waals surface area contributed by atoms with Crippen molar-refractivity contribution in [2.45, 2.75) is 13.3 Å². The molecule has 0 unspecified atom stereocenters. The van der Waals surface area contributed by atoms with Gasteiger partial charge in [-0.25, -0.2) is 4.39 Å². The number of hydrogen-bond acceptors (Lipinski definition) is 3. The molecule has 0 aliphatic carbocycles. The summed E-state index contributed by atoms with van der Waals surface area (Å²) in [7, 11) is 0. The van der Waals surface area contributed by atoms with Crippen molar-refractivity contribution >= 4 is 17.1 Å². The first-order valence-electron chi connectivity index (χ1n) is 5.89. The van der Waals surface area contributed by atoms with Crippen LogP contribution in [0.1, 0.15) is 12.5 Å². The zero-order valence-corrected chi connectivity index (χ0v) is 10.4. The average Bonchev–Trinajstić information content (AvgIpc) is 2.39. The molecule has 0 atom stereocenters. The van der Waals surface area contributed by atoms with Gasteiger partial charge in [0.2, 0.25) is 0 Å². The molecule has 0 aliphatic rings. The predicted octanol–water partition coefficient (Wildman–Crippen LogP) is 4.04. The second kappa shape index (κ2) is 5.48. The summed E-state index contributed by atoms with van der Waals surface area (Å²) in [6.07, 6.45) is 0.936. The van der Waals surface area contributed by atoms with Gasteiger partial charge in [0.05, 0.1) is 11.0 Å². The van der Waals surface area contributed by atoms with Crippen molar-refractivity contribution in [2.75, 3.05) is 5.32 Å². The molecule has 0 saturated heterocycles. The van der Waals surface area contributed by atoms with E-state index in [0.29, 0.717) is 5.69 Å². The van der Waals surface area contributed by atoms with Gasteiger partial charge in [0.25, 0.3) is 5.69 Å². The fourth-order valence-electron chi connectivity index (χ4n) is 1.74. The maximum absolute atomic E-state index is 13.3. The van der Waals surface area contributed by atoms with E-state index in [9.17, 15) is 14.5 Å². The lowest BCUT2D eigenvalue weighted by Gasteiger charge is -2.07. The second-order valence-corrected chi connectivity index (χ2v) is 4.13. The summed E-state index contributed by atoms with van der Waals surface area (Å²) in [4.78, 5) is 10.0. The van der Waals surface area contributed by atoms with Gasteiger partial charge in [-0.2, -0.15) is 0 Å². The number of nitrogens with zero attached hydrogens (tertiary/aromatic N) is 1. The van der Waals surface area contributed by atoms with Crippen molar-refractivity contribution in [2.24, 2.45) is 0 Å². The van der Waals surface area contributed by atoms with E-state index in [2.05, 4.69) is 12.2 Å². The van der Waals surface area contributed by atoms with Crippen LogP contribution in [0.25, 0.3) is 0 Å². The Morgan fingerprint density at radius 1 is 1.16 bits per heavy atom. The first kappa shape index (κ1) is 13.0. The van der Waals surface area contributed by atoms with E-state index >= 15 is 0 Å². The van der Waals surface area contributed by atoms with Gasteiger partial charge in [-0.1, -0.05) is 19.1 Å². The SMILES string of the molecule is CCc1ccc(Nc2cc(F)cc([N+](=O)[O-])c2)cc1. The molecule has 1 N–H and O–H groups in total. The lowest BCUT2D eigenvalue weighted by atomic mass is 10.1. The number of aryl methyl sites for hydroxylation is 1. The fourth-order valence-corrected chi connectivity index (χ4v) is 1.74. The van der Waals surface area contributed by atoms with E-state index in [1.54, 1.807) is 0 Å². The number of halogens is 1. The van der Waals surface area contributed by atoms with Crippen LogP contribution in [-0.4, -0.2) is 4.92 Å². The molecule has 2 rings (SSSR count). The molecule has 0 aromatic heterocycles. The minimum absolute atomic E-state index is 0.271. The van der Waals surface area contributed by atoms with E-state index in [1.165, 1.54) is 17.7 Å². The van der Waals surface area contributed by atoms with Crippen molar-refractivity contribution in [1.29, 1.82) is 0 Å². The average molecular weight is 260 g/mol. The molecule has 98 valence electrons. The number of nitrogens with one attached hydrogen (secondary N) is 1. The van der Waals surface area contributed by atoms with Crippen LogP contribution >= 0.6 is 0 Å². The zero-order valence-electron chi connectivity index (χ0n) is 10.4. The number of hydrogen-bond donors (Lipinski definition) is 1. The molecule has 0 saturated carbocycles. The maximum atomic E-state index is 13.3. The van der Waals surface area contributed by atoms with Crippen LogP contribution in [0.3, 0.4) is 0 Å². The van der Waals surface area contributed by atoms with E-state index < -0.39 is 10.7 Å². The minimum atomic E-state index is -0.637. The minimum Gasteiger partial charge on any atom is -0.355 e. The third kappa shape index (κ3) is 3.28. The van der Waals surface area contributed by atoms with Crippen LogP contribution in [0.5, 0.6) is 0 Å². The lowest BCUT2D eigenvalue weighted by molar-refractivity contribution is -0.385. The van der Waals surface area contributed by atoms with Gasteiger partial charge in [0.15, 0.2) is 0 Å². The Morgan fingerprint density at radius 2 is 1.84 bits per heavy atom. The molecule has 0 radical (unpaired) electrons. The molecule has 0 amide bonds. The molecule has 0 aliphatic heterocycles. The van der Waals surface area contributed by atoms with Crippen LogP contribution in [0.15, 0.2) is 42.5 Å². The Balaban J connectivity index is 2.24. The molecular formula is C14H13FN2O2. The van der Waals surface area contributed by atoms with Gasteiger partial charge in [-0.15, -0.1) is 0 Å². The first-order valence-corrected chi connectivity index (χ1v) is 5.89. The fraction of sp³-hybridized carbons (Fsp3) is 0.143. The molecule has 0 spiro atoms. The van der Waals surface area contributed by atoms with E-state index in [-0.39, 0.29) is 5.69 Å². The highest BCUT2D eigenvalue weighted by atomic mass is 19.1. The molecule has 19 heavy (non-hydrogen) atoms. The largest absolute Gasteiger partial charge is 0.355 e. The standard InChI is InChI=1S/C14H13FN2O2/c1-2-10-3-5-12(6-4-10)16-13-7-11(15)8-14(9-13)17(18)19/h3-9,16H,2H2,1H3. The quantitative estimate of drug-likeness (QED) is 0.666. The molecular weight excluding hydrogens is 247 g/mol. The van der Waals surface area contributed by atoms with Crippen molar-refractivity contribution in [3.63, 3.8) is 0 Å². The van der Waals surface area contributed by atoms with Gasteiger partial charge >= 0.3 is 0 Å². The van der Waals surface area contributed by atoms with Gasteiger partial charge in [-0.05, 0) is 30.2 Å². The number of anilines is 2. The number of benzene rings is 2. The van der Waals surface area contributed by atoms with Crippen molar-refractivity contribution < 1.29 is 9.31 Å². The van der Waals surface area contributed by atoms with Crippen LogP contribution in [-0.2, 0) is 6.42 Å². The highest BCUT2D eigenvalue weighted by molar-refractivity contribution is 5.62. The van der Waals surface area contributed by atoms with E-state index in [0.717, 1.165) is 18.2 Å². The summed E-state index contributed by atoms with van der Waals surface area (Å²) in [5.74, 6) is -0.637. The first-order chi connectivity index (χ1) is 9.08. The van der Waals surface area contributed by atoms with Crippen LogP contribution in [0.4, 0.5) is 21.5 Å². The summed E-state index contributed by atoms with van der Waals surface area (Å²) in [5, 5.41) is 13.6. The molecule has 0 heterocycles. The Hall–Kier alpha value is -2.43. The van der Waals surface area contributed by atoms with Crippen LogP contribution < -0.4 is 5.32 Å². The van der Waals surface area contributed by atoms with Gasteiger partial charge < -0.3 is 5.32 Å². The normalized spacial score (nSPS) is 10.2. The highest BCUT2D eigenvalue weighted by Gasteiger charge is 2.09. The molecule has 5 heteroatoms. The number of non-ortho nitro benzene ring substituents is 1. The number of nitro groups is 1. The maximum Gasteiger partial charge on any atom is 0.274 e. The third-order valence-electron chi connectivity index (χ3n) is 2.74. The van der Waals surface area contributed by atoms with Crippen molar-refractivity contribution in [3.8, 4) is 0 Å². The predicted molar refractivity (Wildman–Crippen MR) is 72.2 cm³/mol. The Bertz CT molecular complexity index is 597. The molecule has 0 fully saturated rings. The van der Waals surface area contributed by atoms with Gasteiger partial charge in [0.1, 0.15) is 5.82 Å². The zero-order chi connectivity index (χ0) is 13.8. The molecule has 4 nitrogen and oxygen atoms in total.